The molecule has 0 aliphatic carbocycles. The average molecular weight is 359 g/mol. The maximum atomic E-state index is 12.6. The summed E-state index contributed by atoms with van der Waals surface area (Å²) in [6.07, 6.45) is 5.01. The summed E-state index contributed by atoms with van der Waals surface area (Å²) in [5.41, 5.74) is 1.76. The predicted octanol–water partition coefficient (Wildman–Crippen LogP) is 0.472. The van der Waals surface area contributed by atoms with Crippen molar-refractivity contribution in [3.63, 3.8) is 0 Å². The van der Waals surface area contributed by atoms with Gasteiger partial charge in [0.1, 0.15) is 12.2 Å². The summed E-state index contributed by atoms with van der Waals surface area (Å²) < 4.78 is 28.3. The quantitative estimate of drug-likeness (QED) is 0.657. The van der Waals surface area contributed by atoms with Crippen LogP contribution in [0.3, 0.4) is 0 Å². The van der Waals surface area contributed by atoms with Gasteiger partial charge in [-0.1, -0.05) is 22.9 Å². The van der Waals surface area contributed by atoms with Gasteiger partial charge in [-0.05, 0) is 19.1 Å². The molecule has 1 aliphatic rings. The molecule has 3 aromatic rings. The molecule has 1 fully saturated rings. The zero-order chi connectivity index (χ0) is 17.4. The zero-order valence-electron chi connectivity index (χ0n) is 13.6. The number of rotatable bonds is 5. The lowest BCUT2D eigenvalue weighted by Gasteiger charge is -2.37. The molecule has 1 aromatic carbocycles. The molecule has 0 N–H and O–H groups in total. The molecule has 10 heteroatoms. The van der Waals surface area contributed by atoms with E-state index in [9.17, 15) is 8.42 Å². The zero-order valence-corrected chi connectivity index (χ0v) is 14.4. The fraction of sp³-hybridized carbons (Fsp3) is 0.333. The number of sulfonamides is 1. The Morgan fingerprint density at radius 1 is 1.12 bits per heavy atom. The van der Waals surface area contributed by atoms with Crippen LogP contribution in [0, 0.1) is 6.92 Å². The molecule has 2 aromatic heterocycles. The second-order valence-electron chi connectivity index (χ2n) is 6.04. The van der Waals surface area contributed by atoms with Crippen molar-refractivity contribution >= 4 is 10.0 Å². The molecule has 4 rings (SSSR count). The molecule has 1 aliphatic heterocycles. The lowest BCUT2D eigenvalue weighted by atomic mass is 10.2. The lowest BCUT2D eigenvalue weighted by molar-refractivity contribution is 0.189. The first-order chi connectivity index (χ1) is 12.0. The van der Waals surface area contributed by atoms with Crippen LogP contribution in [0.15, 0.2) is 47.8 Å². The van der Waals surface area contributed by atoms with Gasteiger partial charge in [-0.25, -0.2) is 13.1 Å². The Morgan fingerprint density at radius 2 is 1.80 bits per heavy atom. The van der Waals surface area contributed by atoms with E-state index in [-0.39, 0.29) is 6.04 Å². The van der Waals surface area contributed by atoms with Crippen molar-refractivity contribution in [2.24, 2.45) is 0 Å². The SMILES string of the molecule is Cc1ccc(S(=O)(=O)N2CC(n3cc(Cn4nccn4)nn3)C2)cc1. The Hall–Kier alpha value is -2.59. The number of hydrogen-bond acceptors (Lipinski definition) is 6. The molecular formula is C15H17N7O2S. The normalized spacial score (nSPS) is 16.0. The maximum Gasteiger partial charge on any atom is 0.243 e. The van der Waals surface area contributed by atoms with Crippen molar-refractivity contribution < 1.29 is 8.42 Å². The number of benzene rings is 1. The summed E-state index contributed by atoms with van der Waals surface area (Å²) in [6, 6.07) is 6.88. The summed E-state index contributed by atoms with van der Waals surface area (Å²) in [7, 11) is -3.45. The van der Waals surface area contributed by atoms with E-state index >= 15 is 0 Å². The van der Waals surface area contributed by atoms with Crippen molar-refractivity contribution in [1.82, 2.24) is 34.3 Å². The van der Waals surface area contributed by atoms with Crippen LogP contribution >= 0.6 is 0 Å². The van der Waals surface area contributed by atoms with E-state index in [4.69, 9.17) is 0 Å². The Kier molecular flexibility index (Phi) is 3.85. The second kappa shape index (κ2) is 6.05. The molecular weight excluding hydrogens is 342 g/mol. The number of nitrogens with zero attached hydrogens (tertiary/aromatic N) is 7. The van der Waals surface area contributed by atoms with Gasteiger partial charge in [-0.3, -0.25) is 0 Å². The third kappa shape index (κ3) is 3.05. The minimum atomic E-state index is -3.45. The van der Waals surface area contributed by atoms with Gasteiger partial charge < -0.3 is 0 Å². The molecule has 1 saturated heterocycles. The Labute approximate surface area is 144 Å². The highest BCUT2D eigenvalue weighted by Gasteiger charge is 2.38. The van der Waals surface area contributed by atoms with Gasteiger partial charge in [0.15, 0.2) is 0 Å². The van der Waals surface area contributed by atoms with Gasteiger partial charge in [-0.2, -0.15) is 19.3 Å². The van der Waals surface area contributed by atoms with Crippen molar-refractivity contribution in [2.45, 2.75) is 24.4 Å². The van der Waals surface area contributed by atoms with Gasteiger partial charge in [0.2, 0.25) is 10.0 Å². The summed E-state index contributed by atoms with van der Waals surface area (Å²) >= 11 is 0. The van der Waals surface area contributed by atoms with Gasteiger partial charge in [0.25, 0.3) is 0 Å². The minimum Gasteiger partial charge on any atom is -0.246 e. The van der Waals surface area contributed by atoms with Crippen LogP contribution < -0.4 is 0 Å². The lowest BCUT2D eigenvalue weighted by Crippen LogP contribution is -2.50. The van der Waals surface area contributed by atoms with E-state index in [0.717, 1.165) is 11.3 Å². The van der Waals surface area contributed by atoms with E-state index in [1.54, 1.807) is 41.3 Å². The Bertz CT molecular complexity index is 958. The van der Waals surface area contributed by atoms with E-state index < -0.39 is 10.0 Å². The number of aryl methyl sites for hydroxylation is 1. The third-order valence-corrected chi connectivity index (χ3v) is 6.04. The molecule has 0 radical (unpaired) electrons. The van der Waals surface area contributed by atoms with Crippen LogP contribution in [-0.2, 0) is 16.6 Å². The van der Waals surface area contributed by atoms with Crippen LogP contribution in [-0.4, -0.2) is 55.8 Å². The summed E-state index contributed by atoms with van der Waals surface area (Å²) in [4.78, 5) is 1.84. The number of hydrogen-bond donors (Lipinski definition) is 0. The van der Waals surface area contributed by atoms with Crippen LogP contribution in [0.4, 0.5) is 0 Å². The van der Waals surface area contributed by atoms with Crippen molar-refractivity contribution in [1.29, 1.82) is 0 Å². The van der Waals surface area contributed by atoms with Crippen molar-refractivity contribution in [2.75, 3.05) is 13.1 Å². The molecule has 0 bridgehead atoms. The fourth-order valence-corrected chi connectivity index (χ4v) is 4.19. The predicted molar refractivity (Wildman–Crippen MR) is 88.1 cm³/mol. The van der Waals surface area contributed by atoms with Crippen LogP contribution in [0.2, 0.25) is 0 Å². The molecule has 0 unspecified atom stereocenters. The molecule has 0 atom stereocenters. The second-order valence-corrected chi connectivity index (χ2v) is 7.98. The van der Waals surface area contributed by atoms with Gasteiger partial charge >= 0.3 is 0 Å². The molecule has 0 spiro atoms. The fourth-order valence-electron chi connectivity index (χ4n) is 2.67. The van der Waals surface area contributed by atoms with E-state index in [2.05, 4.69) is 20.5 Å². The highest BCUT2D eigenvalue weighted by molar-refractivity contribution is 7.89. The Balaban J connectivity index is 1.41. The van der Waals surface area contributed by atoms with Gasteiger partial charge in [-0.15, -0.1) is 5.10 Å². The molecule has 9 nitrogen and oxygen atoms in total. The Morgan fingerprint density at radius 3 is 2.48 bits per heavy atom. The first-order valence-electron chi connectivity index (χ1n) is 7.84. The highest BCUT2D eigenvalue weighted by atomic mass is 32.2. The number of aromatic nitrogens is 6. The van der Waals surface area contributed by atoms with Gasteiger partial charge in [0, 0.05) is 13.1 Å². The summed E-state index contributed by atoms with van der Waals surface area (Å²) in [6.45, 7) is 3.14. The summed E-state index contributed by atoms with van der Waals surface area (Å²) in [5, 5.41) is 16.2. The van der Waals surface area contributed by atoms with E-state index in [1.165, 1.54) is 9.10 Å². The highest BCUT2D eigenvalue weighted by Crippen LogP contribution is 2.27. The molecule has 0 saturated carbocycles. The van der Waals surface area contributed by atoms with Crippen LogP contribution in [0.5, 0.6) is 0 Å². The van der Waals surface area contributed by atoms with E-state index in [0.29, 0.717) is 24.5 Å². The standard InChI is InChI=1S/C15H17N7O2S/c1-12-2-4-15(5-3-12)25(23,24)20-10-14(11-20)21-8-13(18-19-21)9-22-16-6-7-17-22/h2-8,14H,9-11H2,1H3. The first kappa shape index (κ1) is 15.9. The smallest absolute Gasteiger partial charge is 0.243 e. The largest absolute Gasteiger partial charge is 0.246 e. The summed E-state index contributed by atoms with van der Waals surface area (Å²) in [5.74, 6) is 0. The molecule has 130 valence electrons. The van der Waals surface area contributed by atoms with Crippen molar-refractivity contribution in [3.8, 4) is 0 Å². The molecule has 0 amide bonds. The van der Waals surface area contributed by atoms with E-state index in [1.807, 2.05) is 13.1 Å². The van der Waals surface area contributed by atoms with Crippen LogP contribution in [0.1, 0.15) is 17.3 Å². The third-order valence-electron chi connectivity index (χ3n) is 4.19. The first-order valence-corrected chi connectivity index (χ1v) is 9.28. The topological polar surface area (TPSA) is 98.8 Å². The van der Waals surface area contributed by atoms with Crippen molar-refractivity contribution in [3.05, 3.63) is 54.1 Å². The maximum absolute atomic E-state index is 12.6. The molecule has 25 heavy (non-hydrogen) atoms. The minimum absolute atomic E-state index is 0.00736. The monoisotopic (exact) mass is 359 g/mol. The van der Waals surface area contributed by atoms with Crippen LogP contribution in [0.25, 0.3) is 0 Å². The average Bonchev–Trinajstić information content (AvgIpc) is 3.19. The molecule has 3 heterocycles. The van der Waals surface area contributed by atoms with Gasteiger partial charge in [0.05, 0.1) is 29.5 Å².